The van der Waals surface area contributed by atoms with Crippen LogP contribution in [0.4, 0.5) is 0 Å². The van der Waals surface area contributed by atoms with Gasteiger partial charge < -0.3 is 15.0 Å². The zero-order valence-corrected chi connectivity index (χ0v) is 21.3. The Morgan fingerprint density at radius 1 is 0.909 bits per heavy atom. The van der Waals surface area contributed by atoms with Crippen molar-refractivity contribution in [2.75, 3.05) is 26.2 Å². The van der Waals surface area contributed by atoms with Crippen LogP contribution in [0.3, 0.4) is 0 Å². The van der Waals surface area contributed by atoms with E-state index < -0.39 is 0 Å². The molecule has 0 unspecified atom stereocenters. The largest absolute Gasteiger partial charge is 0.482 e. The van der Waals surface area contributed by atoms with Gasteiger partial charge in [-0.1, -0.05) is 12.1 Å². The van der Waals surface area contributed by atoms with Crippen LogP contribution in [0.15, 0.2) is 29.8 Å². The van der Waals surface area contributed by atoms with Gasteiger partial charge in [-0.25, -0.2) is 0 Å². The second-order valence-electron chi connectivity index (χ2n) is 9.61. The van der Waals surface area contributed by atoms with Gasteiger partial charge in [-0.3, -0.25) is 4.79 Å². The minimum absolute atomic E-state index is 0.0953. The van der Waals surface area contributed by atoms with Gasteiger partial charge in [0.1, 0.15) is 11.4 Å². The number of carbonyl (C=O) groups is 1. The molecule has 1 amide bonds. The third kappa shape index (κ3) is 3.78. The molecule has 4 nitrogen and oxygen atoms in total. The van der Waals surface area contributed by atoms with Crippen molar-refractivity contribution in [2.45, 2.75) is 66.9 Å². The van der Waals surface area contributed by atoms with E-state index in [-0.39, 0.29) is 11.5 Å². The summed E-state index contributed by atoms with van der Waals surface area (Å²) in [5.74, 6) is 1.14. The number of ether oxygens (including phenoxy) is 1. The van der Waals surface area contributed by atoms with Crippen LogP contribution in [-0.4, -0.2) is 42.6 Å². The fourth-order valence-electron chi connectivity index (χ4n) is 5.54. The van der Waals surface area contributed by atoms with Crippen molar-refractivity contribution in [3.05, 3.63) is 68.8 Å². The Kier molecular flexibility index (Phi) is 6.41. The normalized spacial score (nSPS) is 17.1. The lowest BCUT2D eigenvalue weighted by Gasteiger charge is -2.45. The minimum Gasteiger partial charge on any atom is -0.482 e. The highest BCUT2D eigenvalue weighted by atomic mass is 16.5. The molecule has 0 radical (unpaired) electrons. The average Bonchev–Trinajstić information content (AvgIpc) is 2.84. The topological polar surface area (TPSA) is 41.6 Å². The molecule has 2 aromatic rings. The molecule has 0 bridgehead atoms. The van der Waals surface area contributed by atoms with Gasteiger partial charge in [-0.05, 0) is 113 Å². The highest BCUT2D eigenvalue weighted by molar-refractivity contribution is 5.96. The van der Waals surface area contributed by atoms with Gasteiger partial charge in [0, 0.05) is 37.1 Å². The quantitative estimate of drug-likeness (QED) is 0.651. The Hall–Kier alpha value is -2.59. The van der Waals surface area contributed by atoms with E-state index in [1.54, 1.807) is 0 Å². The van der Waals surface area contributed by atoms with Crippen LogP contribution in [0.2, 0.25) is 0 Å². The number of hydrogen-bond acceptors (Lipinski definition) is 3. The van der Waals surface area contributed by atoms with Crippen LogP contribution in [0.1, 0.15) is 77.4 Å². The molecule has 0 atom stereocenters. The highest BCUT2D eigenvalue weighted by Gasteiger charge is 2.43. The predicted octanol–water partition coefficient (Wildman–Crippen LogP) is 5.74. The molecule has 1 N–H and O–H groups in total. The van der Waals surface area contributed by atoms with E-state index in [0.29, 0.717) is 0 Å². The Morgan fingerprint density at radius 3 is 2.06 bits per heavy atom. The van der Waals surface area contributed by atoms with E-state index in [9.17, 15) is 4.79 Å². The fourth-order valence-corrected chi connectivity index (χ4v) is 5.54. The number of carbonyl (C=O) groups excluding carboxylic acids is 1. The maximum absolute atomic E-state index is 12.9. The van der Waals surface area contributed by atoms with E-state index >= 15 is 0 Å². The number of hydrogen-bond donors (Lipinski definition) is 1. The zero-order chi connectivity index (χ0) is 23.9. The monoisotopic (exact) mass is 446 g/mol. The van der Waals surface area contributed by atoms with Crippen LogP contribution in [-0.2, 0) is 0 Å². The van der Waals surface area contributed by atoms with Gasteiger partial charge >= 0.3 is 0 Å². The summed E-state index contributed by atoms with van der Waals surface area (Å²) < 4.78 is 6.94. The first-order valence-corrected chi connectivity index (χ1v) is 12.4. The van der Waals surface area contributed by atoms with E-state index in [1.807, 2.05) is 30.9 Å². The number of rotatable bonds is 4. The first-order chi connectivity index (χ1) is 15.8. The Labute approximate surface area is 199 Å². The molecule has 2 aliphatic rings. The second kappa shape index (κ2) is 8.98. The second-order valence-corrected chi connectivity index (χ2v) is 9.61. The molecule has 1 fully saturated rings. The highest BCUT2D eigenvalue weighted by Crippen LogP contribution is 2.50. The molecule has 2 aliphatic heterocycles. The summed E-state index contributed by atoms with van der Waals surface area (Å²) in [7, 11) is 0. The summed E-state index contributed by atoms with van der Waals surface area (Å²) in [6.07, 6.45) is 1.93. The molecule has 33 heavy (non-hydrogen) atoms. The average molecular weight is 447 g/mol. The standard InChI is InChI=1S/C29H38N2O2/c1-8-31(9-2)28(32)24-12-10-23(11-13-24)26-22(7)29(14-16-30-17-15-29)33-27-21(6)19(4)18(3)20(5)25(26)27/h10-13,30H,8-9,14-17H2,1-7H3. The summed E-state index contributed by atoms with van der Waals surface area (Å²) in [5.41, 5.74) is 10.6. The van der Waals surface area contributed by atoms with E-state index in [1.165, 1.54) is 39.0 Å². The van der Waals surface area contributed by atoms with E-state index in [4.69, 9.17) is 4.74 Å². The number of nitrogens with one attached hydrogen (secondary N) is 1. The van der Waals surface area contributed by atoms with Crippen molar-refractivity contribution < 1.29 is 9.53 Å². The summed E-state index contributed by atoms with van der Waals surface area (Å²) in [4.78, 5) is 14.7. The number of fused-ring (bicyclic) bond motifs is 1. The SMILES string of the molecule is CCN(CC)C(=O)c1ccc(C2=C(C)C3(CCNCC3)Oc3c(C)c(C)c(C)c(C)c32)cc1. The lowest BCUT2D eigenvalue weighted by molar-refractivity contribution is 0.0686. The van der Waals surface area contributed by atoms with Gasteiger partial charge in [0.2, 0.25) is 0 Å². The van der Waals surface area contributed by atoms with Crippen LogP contribution in [0, 0.1) is 27.7 Å². The summed E-state index contributed by atoms with van der Waals surface area (Å²) in [6, 6.07) is 8.24. The van der Waals surface area contributed by atoms with Gasteiger partial charge in [0.05, 0.1) is 0 Å². The van der Waals surface area contributed by atoms with Crippen molar-refractivity contribution in [1.29, 1.82) is 0 Å². The molecular weight excluding hydrogens is 408 g/mol. The molecule has 4 heteroatoms. The molecule has 0 aromatic heterocycles. The van der Waals surface area contributed by atoms with Crippen LogP contribution in [0.25, 0.3) is 5.57 Å². The van der Waals surface area contributed by atoms with Crippen LogP contribution >= 0.6 is 0 Å². The minimum atomic E-state index is -0.276. The van der Waals surface area contributed by atoms with Crippen LogP contribution in [0.5, 0.6) is 5.75 Å². The molecule has 1 saturated heterocycles. The van der Waals surface area contributed by atoms with Crippen LogP contribution < -0.4 is 10.1 Å². The maximum atomic E-state index is 12.9. The Morgan fingerprint density at radius 2 is 1.48 bits per heavy atom. The third-order valence-electron chi connectivity index (χ3n) is 8.12. The van der Waals surface area contributed by atoms with Crippen molar-refractivity contribution in [1.82, 2.24) is 10.2 Å². The van der Waals surface area contributed by atoms with Crippen molar-refractivity contribution in [3.8, 4) is 5.75 Å². The smallest absolute Gasteiger partial charge is 0.253 e. The van der Waals surface area contributed by atoms with E-state index in [2.05, 4.69) is 52.1 Å². The van der Waals surface area contributed by atoms with Crippen molar-refractivity contribution in [3.63, 3.8) is 0 Å². The van der Waals surface area contributed by atoms with Gasteiger partial charge in [-0.15, -0.1) is 0 Å². The lowest BCUT2D eigenvalue weighted by Crippen LogP contribution is -2.49. The van der Waals surface area contributed by atoms with E-state index in [0.717, 1.165) is 55.9 Å². The first-order valence-electron chi connectivity index (χ1n) is 12.4. The first kappa shape index (κ1) is 23.6. The third-order valence-corrected chi connectivity index (χ3v) is 8.12. The zero-order valence-electron chi connectivity index (χ0n) is 21.3. The lowest BCUT2D eigenvalue weighted by atomic mass is 9.74. The Bertz CT molecular complexity index is 1100. The molecular formula is C29H38N2O2. The summed E-state index contributed by atoms with van der Waals surface area (Å²) in [6.45, 7) is 18.5. The molecule has 0 aliphatic carbocycles. The summed E-state index contributed by atoms with van der Waals surface area (Å²) in [5, 5.41) is 3.50. The summed E-state index contributed by atoms with van der Waals surface area (Å²) >= 11 is 0. The number of amides is 1. The molecule has 176 valence electrons. The number of benzene rings is 2. The molecule has 4 rings (SSSR count). The predicted molar refractivity (Wildman–Crippen MR) is 136 cm³/mol. The fraction of sp³-hybridized carbons (Fsp3) is 0.483. The van der Waals surface area contributed by atoms with Crippen molar-refractivity contribution >= 4 is 11.5 Å². The van der Waals surface area contributed by atoms with Crippen molar-refractivity contribution in [2.24, 2.45) is 0 Å². The molecule has 0 saturated carbocycles. The van der Waals surface area contributed by atoms with Gasteiger partial charge in [-0.2, -0.15) is 0 Å². The number of nitrogens with zero attached hydrogens (tertiary/aromatic N) is 1. The van der Waals surface area contributed by atoms with Gasteiger partial charge in [0.25, 0.3) is 5.91 Å². The Balaban J connectivity index is 1.90. The number of piperidine rings is 1. The molecule has 2 aromatic carbocycles. The van der Waals surface area contributed by atoms with Gasteiger partial charge in [0.15, 0.2) is 0 Å². The molecule has 2 heterocycles. The molecule has 1 spiro atoms. The maximum Gasteiger partial charge on any atom is 0.253 e.